The number of rotatable bonds is 1. The van der Waals surface area contributed by atoms with Crippen LogP contribution in [0.15, 0.2) is 53.1 Å². The van der Waals surface area contributed by atoms with E-state index in [0.717, 1.165) is 38.8 Å². The number of nitriles is 1. The Bertz CT molecular complexity index is 1150. The first-order valence-electron chi connectivity index (χ1n) is 7.91. The fourth-order valence-corrected chi connectivity index (χ4v) is 3.47. The van der Waals surface area contributed by atoms with E-state index in [2.05, 4.69) is 36.6 Å². The van der Waals surface area contributed by atoms with Crippen LogP contribution in [0.1, 0.15) is 16.7 Å². The number of furan rings is 1. The predicted molar refractivity (Wildman–Crippen MR) is 94.5 cm³/mol. The number of hydrogen-bond donors (Lipinski definition) is 0. The zero-order valence-corrected chi connectivity index (χ0v) is 13.9. The van der Waals surface area contributed by atoms with Crippen molar-refractivity contribution >= 4 is 21.9 Å². The van der Waals surface area contributed by atoms with Gasteiger partial charge in [0, 0.05) is 22.9 Å². The number of fused-ring (bicyclic) bond motifs is 3. The Morgan fingerprint density at radius 2 is 1.88 bits per heavy atom. The minimum atomic E-state index is 0.646. The largest absolute Gasteiger partial charge is 0.456 e. The Kier molecular flexibility index (Phi) is 3.14. The molecule has 3 heteroatoms. The Morgan fingerprint density at radius 1 is 1.04 bits per heavy atom. The van der Waals surface area contributed by atoms with Crippen LogP contribution in [0.5, 0.6) is 0 Å². The first-order valence-corrected chi connectivity index (χ1v) is 7.91. The SMILES string of the molecule is Cc1cc(C)c2oc3ccc(C#N)cc3c2c1-c1cccc[n+]1C. The van der Waals surface area contributed by atoms with Gasteiger partial charge >= 0.3 is 0 Å². The van der Waals surface area contributed by atoms with Crippen molar-refractivity contribution in [1.29, 1.82) is 5.26 Å². The van der Waals surface area contributed by atoms with E-state index in [0.29, 0.717) is 5.56 Å². The van der Waals surface area contributed by atoms with Crippen LogP contribution in [-0.2, 0) is 7.05 Å². The molecule has 4 rings (SSSR count). The number of pyridine rings is 1. The van der Waals surface area contributed by atoms with Crippen molar-refractivity contribution in [1.82, 2.24) is 0 Å². The van der Waals surface area contributed by atoms with Gasteiger partial charge in [-0.15, -0.1) is 0 Å². The van der Waals surface area contributed by atoms with Gasteiger partial charge < -0.3 is 4.42 Å². The topological polar surface area (TPSA) is 40.8 Å². The average molecular weight is 313 g/mol. The summed E-state index contributed by atoms with van der Waals surface area (Å²) in [5.74, 6) is 0. The summed E-state index contributed by atoms with van der Waals surface area (Å²) in [6.07, 6.45) is 2.05. The van der Waals surface area contributed by atoms with Crippen molar-refractivity contribution in [3.63, 3.8) is 0 Å². The Balaban J connectivity index is 2.24. The van der Waals surface area contributed by atoms with Crippen molar-refractivity contribution < 1.29 is 8.98 Å². The fourth-order valence-electron chi connectivity index (χ4n) is 3.47. The van der Waals surface area contributed by atoms with E-state index in [1.165, 1.54) is 5.56 Å². The summed E-state index contributed by atoms with van der Waals surface area (Å²) >= 11 is 0. The highest BCUT2D eigenvalue weighted by atomic mass is 16.3. The summed E-state index contributed by atoms with van der Waals surface area (Å²) < 4.78 is 8.24. The van der Waals surface area contributed by atoms with Crippen molar-refractivity contribution in [2.45, 2.75) is 13.8 Å². The molecular formula is C21H17N2O+. The average Bonchev–Trinajstić information content (AvgIpc) is 2.95. The molecule has 0 spiro atoms. The van der Waals surface area contributed by atoms with Crippen LogP contribution in [0.2, 0.25) is 0 Å². The Hall–Kier alpha value is -3.12. The maximum Gasteiger partial charge on any atom is 0.213 e. The molecule has 0 fully saturated rings. The minimum absolute atomic E-state index is 0.646. The van der Waals surface area contributed by atoms with Crippen LogP contribution in [0.25, 0.3) is 33.2 Å². The summed E-state index contributed by atoms with van der Waals surface area (Å²) in [6, 6.07) is 16.2. The normalized spacial score (nSPS) is 11.1. The number of aryl methyl sites for hydroxylation is 3. The van der Waals surface area contributed by atoms with Crippen LogP contribution >= 0.6 is 0 Å². The van der Waals surface area contributed by atoms with Gasteiger partial charge in [-0.2, -0.15) is 5.26 Å². The van der Waals surface area contributed by atoms with E-state index in [1.807, 2.05) is 37.5 Å². The van der Waals surface area contributed by atoms with Crippen LogP contribution < -0.4 is 4.57 Å². The van der Waals surface area contributed by atoms with Crippen LogP contribution in [0.4, 0.5) is 0 Å². The number of hydrogen-bond acceptors (Lipinski definition) is 2. The highest BCUT2D eigenvalue weighted by Gasteiger charge is 2.21. The Morgan fingerprint density at radius 3 is 2.62 bits per heavy atom. The van der Waals surface area contributed by atoms with E-state index in [1.54, 1.807) is 6.07 Å². The minimum Gasteiger partial charge on any atom is -0.456 e. The first kappa shape index (κ1) is 14.5. The molecule has 0 atom stereocenters. The van der Waals surface area contributed by atoms with E-state index < -0.39 is 0 Å². The van der Waals surface area contributed by atoms with E-state index in [4.69, 9.17) is 4.42 Å². The van der Waals surface area contributed by atoms with Crippen LogP contribution in [0, 0.1) is 25.2 Å². The molecule has 0 N–H and O–H groups in total. The number of nitrogens with zero attached hydrogens (tertiary/aromatic N) is 2. The van der Waals surface area contributed by atoms with Gasteiger partial charge in [0.25, 0.3) is 0 Å². The first-order chi connectivity index (χ1) is 11.6. The van der Waals surface area contributed by atoms with Gasteiger partial charge in [0.05, 0.1) is 17.2 Å². The van der Waals surface area contributed by atoms with Gasteiger partial charge in [0.1, 0.15) is 18.2 Å². The molecule has 24 heavy (non-hydrogen) atoms. The van der Waals surface area contributed by atoms with Crippen molar-refractivity contribution in [3.8, 4) is 17.3 Å². The van der Waals surface area contributed by atoms with E-state index >= 15 is 0 Å². The highest BCUT2D eigenvalue weighted by Crippen LogP contribution is 2.39. The van der Waals surface area contributed by atoms with E-state index in [-0.39, 0.29) is 0 Å². The molecule has 0 aliphatic rings. The molecule has 0 saturated carbocycles. The van der Waals surface area contributed by atoms with Gasteiger partial charge in [-0.1, -0.05) is 6.07 Å². The summed E-state index contributed by atoms with van der Waals surface area (Å²) in [7, 11) is 2.05. The quantitative estimate of drug-likeness (QED) is 0.483. The molecule has 3 nitrogen and oxygen atoms in total. The van der Waals surface area contributed by atoms with E-state index in [9.17, 15) is 5.26 Å². The molecule has 116 valence electrons. The molecule has 0 saturated heterocycles. The van der Waals surface area contributed by atoms with Crippen LogP contribution in [0.3, 0.4) is 0 Å². The van der Waals surface area contributed by atoms with Crippen molar-refractivity contribution in [3.05, 3.63) is 65.4 Å². The van der Waals surface area contributed by atoms with Crippen LogP contribution in [-0.4, -0.2) is 0 Å². The molecule has 2 aromatic carbocycles. The molecule has 0 aliphatic carbocycles. The molecule has 2 heterocycles. The molecule has 0 aliphatic heterocycles. The number of benzene rings is 2. The molecule has 0 unspecified atom stereocenters. The molecule has 0 radical (unpaired) electrons. The second kappa shape index (κ2) is 5.21. The maximum atomic E-state index is 9.26. The fraction of sp³-hybridized carbons (Fsp3) is 0.143. The zero-order chi connectivity index (χ0) is 16.8. The van der Waals surface area contributed by atoms with Gasteiger partial charge in [-0.25, -0.2) is 4.57 Å². The molecule has 0 amide bonds. The van der Waals surface area contributed by atoms with Crippen molar-refractivity contribution in [2.75, 3.05) is 0 Å². The molecular weight excluding hydrogens is 296 g/mol. The summed E-state index contributed by atoms with van der Waals surface area (Å²) in [4.78, 5) is 0. The monoisotopic (exact) mass is 313 g/mol. The summed E-state index contributed by atoms with van der Waals surface area (Å²) in [6.45, 7) is 4.19. The summed E-state index contributed by atoms with van der Waals surface area (Å²) in [5.41, 5.74) is 6.96. The molecule has 2 aromatic heterocycles. The Labute approximate surface area is 140 Å². The van der Waals surface area contributed by atoms with Crippen molar-refractivity contribution in [2.24, 2.45) is 7.05 Å². The lowest BCUT2D eigenvalue weighted by molar-refractivity contribution is -0.660. The third-order valence-electron chi connectivity index (χ3n) is 4.56. The number of aromatic nitrogens is 1. The van der Waals surface area contributed by atoms with Gasteiger partial charge in [0.15, 0.2) is 6.20 Å². The smallest absolute Gasteiger partial charge is 0.213 e. The van der Waals surface area contributed by atoms with Gasteiger partial charge in [-0.3, -0.25) is 0 Å². The second-order valence-electron chi connectivity index (χ2n) is 6.21. The highest BCUT2D eigenvalue weighted by molar-refractivity contribution is 6.13. The third-order valence-corrected chi connectivity index (χ3v) is 4.56. The predicted octanol–water partition coefficient (Wildman–Crippen LogP) is 4.57. The molecule has 0 bridgehead atoms. The van der Waals surface area contributed by atoms with Gasteiger partial charge in [0.2, 0.25) is 5.69 Å². The lowest BCUT2D eigenvalue weighted by Gasteiger charge is -2.08. The zero-order valence-electron chi connectivity index (χ0n) is 13.9. The second-order valence-corrected chi connectivity index (χ2v) is 6.21. The lowest BCUT2D eigenvalue weighted by Crippen LogP contribution is -2.30. The molecule has 4 aromatic rings. The standard InChI is InChI=1S/C21H17N2O/c1-13-10-14(2)21-20(19(13)17-6-4-5-9-23(17)3)16-11-15(12-22)7-8-18(16)24-21/h4-11H,1-3H3/q+1. The lowest BCUT2D eigenvalue weighted by atomic mass is 9.95. The third kappa shape index (κ3) is 2.00. The van der Waals surface area contributed by atoms with Gasteiger partial charge in [-0.05, 0) is 49.2 Å². The maximum absolute atomic E-state index is 9.26. The summed E-state index contributed by atoms with van der Waals surface area (Å²) in [5, 5.41) is 11.3.